The van der Waals surface area contributed by atoms with Crippen LogP contribution in [0.5, 0.6) is 5.75 Å². The molecule has 0 aromatic heterocycles. The van der Waals surface area contributed by atoms with Crippen LogP contribution >= 0.6 is 15.9 Å². The van der Waals surface area contributed by atoms with Crippen LogP contribution < -0.4 is 10.5 Å². The molecular formula is C17H20BrNO. The van der Waals surface area contributed by atoms with Gasteiger partial charge in [0, 0.05) is 10.0 Å². The molecule has 0 spiro atoms. The number of halogens is 1. The van der Waals surface area contributed by atoms with E-state index >= 15 is 0 Å². The lowest BCUT2D eigenvalue weighted by molar-refractivity contribution is 0.414. The molecule has 2 aromatic carbocycles. The predicted octanol–water partition coefficient (Wildman–Crippen LogP) is 3.96. The fourth-order valence-electron chi connectivity index (χ4n) is 2.34. The molecule has 0 fully saturated rings. The van der Waals surface area contributed by atoms with Crippen LogP contribution in [0.1, 0.15) is 18.1 Å². The first-order valence-electron chi connectivity index (χ1n) is 6.65. The van der Waals surface area contributed by atoms with Crippen molar-refractivity contribution < 1.29 is 4.74 Å². The molecule has 0 saturated carbocycles. The Balaban J connectivity index is 2.03. The van der Waals surface area contributed by atoms with Crippen molar-refractivity contribution in [3.05, 3.63) is 64.1 Å². The molecular weight excluding hydrogens is 314 g/mol. The van der Waals surface area contributed by atoms with E-state index < -0.39 is 0 Å². The Morgan fingerprint density at radius 2 is 1.40 bits per heavy atom. The lowest BCUT2D eigenvalue weighted by Crippen LogP contribution is -2.40. The van der Waals surface area contributed by atoms with Crippen LogP contribution in [-0.2, 0) is 12.8 Å². The van der Waals surface area contributed by atoms with E-state index in [1.807, 2.05) is 12.1 Å². The van der Waals surface area contributed by atoms with Gasteiger partial charge in [0.05, 0.1) is 7.11 Å². The highest BCUT2D eigenvalue weighted by Crippen LogP contribution is 2.20. The first kappa shape index (κ1) is 15.1. The molecule has 0 saturated heterocycles. The van der Waals surface area contributed by atoms with Gasteiger partial charge in [0.15, 0.2) is 0 Å². The van der Waals surface area contributed by atoms with Crippen LogP contribution in [0.15, 0.2) is 53.0 Å². The summed E-state index contributed by atoms with van der Waals surface area (Å²) < 4.78 is 6.26. The Morgan fingerprint density at radius 1 is 0.950 bits per heavy atom. The monoisotopic (exact) mass is 333 g/mol. The standard InChI is InChI=1S/C17H20BrNO/c1-17(19,11-13-3-7-15(18)8-4-13)12-14-5-9-16(20-2)10-6-14/h3-10H,11-12,19H2,1-2H3. The normalized spacial score (nSPS) is 13.8. The van der Waals surface area contributed by atoms with E-state index in [-0.39, 0.29) is 5.54 Å². The fourth-order valence-corrected chi connectivity index (χ4v) is 2.61. The second-order valence-electron chi connectivity index (χ2n) is 5.48. The number of nitrogens with two attached hydrogens (primary N) is 1. The summed E-state index contributed by atoms with van der Waals surface area (Å²) in [5, 5.41) is 0. The van der Waals surface area contributed by atoms with Gasteiger partial charge in [-0.05, 0) is 55.2 Å². The smallest absolute Gasteiger partial charge is 0.118 e. The van der Waals surface area contributed by atoms with Gasteiger partial charge in [-0.3, -0.25) is 0 Å². The molecule has 1 unspecified atom stereocenters. The SMILES string of the molecule is COc1ccc(CC(C)(N)Cc2ccc(Br)cc2)cc1. The van der Waals surface area contributed by atoms with Gasteiger partial charge in [0.1, 0.15) is 5.75 Å². The van der Waals surface area contributed by atoms with Gasteiger partial charge in [0.2, 0.25) is 0 Å². The van der Waals surface area contributed by atoms with Gasteiger partial charge < -0.3 is 10.5 Å². The minimum atomic E-state index is -0.261. The molecule has 0 radical (unpaired) electrons. The Kier molecular flexibility index (Phi) is 4.84. The Bertz CT molecular complexity index is 546. The molecule has 2 aromatic rings. The number of methoxy groups -OCH3 is 1. The molecule has 106 valence electrons. The van der Waals surface area contributed by atoms with E-state index in [0.29, 0.717) is 0 Å². The van der Waals surface area contributed by atoms with E-state index in [1.54, 1.807) is 7.11 Å². The lowest BCUT2D eigenvalue weighted by atomic mass is 9.87. The highest BCUT2D eigenvalue weighted by Gasteiger charge is 2.19. The zero-order chi connectivity index (χ0) is 14.6. The van der Waals surface area contributed by atoms with Gasteiger partial charge in [-0.1, -0.05) is 40.2 Å². The third-order valence-electron chi connectivity index (χ3n) is 3.29. The van der Waals surface area contributed by atoms with Crippen molar-refractivity contribution in [2.24, 2.45) is 5.73 Å². The van der Waals surface area contributed by atoms with Crippen LogP contribution in [-0.4, -0.2) is 12.6 Å². The average molecular weight is 334 g/mol. The predicted molar refractivity (Wildman–Crippen MR) is 87.1 cm³/mol. The highest BCUT2D eigenvalue weighted by atomic mass is 79.9. The van der Waals surface area contributed by atoms with Crippen molar-refractivity contribution in [3.63, 3.8) is 0 Å². The summed E-state index contributed by atoms with van der Waals surface area (Å²) in [6, 6.07) is 16.4. The second kappa shape index (κ2) is 6.42. The summed E-state index contributed by atoms with van der Waals surface area (Å²) >= 11 is 3.45. The van der Waals surface area contributed by atoms with Crippen molar-refractivity contribution in [1.82, 2.24) is 0 Å². The highest BCUT2D eigenvalue weighted by molar-refractivity contribution is 9.10. The van der Waals surface area contributed by atoms with Gasteiger partial charge in [0.25, 0.3) is 0 Å². The van der Waals surface area contributed by atoms with E-state index in [0.717, 1.165) is 23.1 Å². The van der Waals surface area contributed by atoms with E-state index in [4.69, 9.17) is 10.5 Å². The van der Waals surface area contributed by atoms with Crippen LogP contribution in [0.2, 0.25) is 0 Å². The molecule has 2 nitrogen and oxygen atoms in total. The molecule has 3 heteroatoms. The zero-order valence-corrected chi connectivity index (χ0v) is 13.5. The third-order valence-corrected chi connectivity index (χ3v) is 3.82. The minimum absolute atomic E-state index is 0.261. The van der Waals surface area contributed by atoms with Gasteiger partial charge in [-0.2, -0.15) is 0 Å². The summed E-state index contributed by atoms with van der Waals surface area (Å²) in [4.78, 5) is 0. The fraction of sp³-hybridized carbons (Fsp3) is 0.294. The molecule has 0 bridgehead atoms. The summed E-state index contributed by atoms with van der Waals surface area (Å²) in [6.07, 6.45) is 1.69. The van der Waals surface area contributed by atoms with Gasteiger partial charge >= 0.3 is 0 Å². The lowest BCUT2D eigenvalue weighted by Gasteiger charge is -2.25. The van der Waals surface area contributed by atoms with Crippen molar-refractivity contribution in [2.45, 2.75) is 25.3 Å². The van der Waals surface area contributed by atoms with Crippen molar-refractivity contribution in [3.8, 4) is 5.75 Å². The minimum Gasteiger partial charge on any atom is -0.497 e. The zero-order valence-electron chi connectivity index (χ0n) is 11.9. The first-order chi connectivity index (χ1) is 9.48. The second-order valence-corrected chi connectivity index (χ2v) is 6.40. The molecule has 0 aliphatic carbocycles. The van der Waals surface area contributed by atoms with Crippen molar-refractivity contribution >= 4 is 15.9 Å². The van der Waals surface area contributed by atoms with Gasteiger partial charge in [-0.15, -0.1) is 0 Å². The van der Waals surface area contributed by atoms with Crippen LogP contribution in [0.4, 0.5) is 0 Å². The van der Waals surface area contributed by atoms with Crippen LogP contribution in [0, 0.1) is 0 Å². The van der Waals surface area contributed by atoms with Crippen molar-refractivity contribution in [1.29, 1.82) is 0 Å². The maximum atomic E-state index is 6.45. The van der Waals surface area contributed by atoms with E-state index in [2.05, 4.69) is 59.3 Å². The quantitative estimate of drug-likeness (QED) is 0.898. The van der Waals surface area contributed by atoms with E-state index in [1.165, 1.54) is 11.1 Å². The Labute approximate surface area is 129 Å². The third kappa shape index (κ3) is 4.36. The maximum absolute atomic E-state index is 6.45. The molecule has 2 rings (SSSR count). The molecule has 1 atom stereocenters. The number of rotatable bonds is 5. The number of hydrogen-bond donors (Lipinski definition) is 1. The Morgan fingerprint density at radius 3 is 1.85 bits per heavy atom. The average Bonchev–Trinajstić information content (AvgIpc) is 2.41. The van der Waals surface area contributed by atoms with Crippen LogP contribution in [0.25, 0.3) is 0 Å². The summed E-state index contributed by atoms with van der Waals surface area (Å²) in [5.74, 6) is 0.875. The number of hydrogen-bond acceptors (Lipinski definition) is 2. The molecule has 20 heavy (non-hydrogen) atoms. The molecule has 0 aliphatic rings. The first-order valence-corrected chi connectivity index (χ1v) is 7.44. The van der Waals surface area contributed by atoms with Gasteiger partial charge in [-0.25, -0.2) is 0 Å². The number of benzene rings is 2. The summed E-state index contributed by atoms with van der Waals surface area (Å²) in [7, 11) is 1.68. The molecule has 0 aliphatic heterocycles. The van der Waals surface area contributed by atoms with E-state index in [9.17, 15) is 0 Å². The summed E-state index contributed by atoms with van der Waals surface area (Å²) in [5.41, 5.74) is 8.67. The maximum Gasteiger partial charge on any atom is 0.118 e. The molecule has 0 amide bonds. The topological polar surface area (TPSA) is 35.2 Å². The largest absolute Gasteiger partial charge is 0.497 e. The molecule has 0 heterocycles. The van der Waals surface area contributed by atoms with Crippen LogP contribution in [0.3, 0.4) is 0 Å². The number of ether oxygens (including phenoxy) is 1. The Hall–Kier alpha value is -1.32. The molecule has 2 N–H and O–H groups in total. The summed E-state index contributed by atoms with van der Waals surface area (Å²) in [6.45, 7) is 2.10. The van der Waals surface area contributed by atoms with Crippen molar-refractivity contribution in [2.75, 3.05) is 7.11 Å².